The van der Waals surface area contributed by atoms with Crippen LogP contribution in [0.2, 0.25) is 0 Å². The summed E-state index contributed by atoms with van der Waals surface area (Å²) < 4.78 is 60.4. The van der Waals surface area contributed by atoms with E-state index in [9.17, 15) is 26.7 Å². The fraction of sp³-hybridized carbons (Fsp3) is 0.386. The minimum Gasteiger partial charge on any atom is -0.462 e. The molecule has 8 rings (SSSR count). The van der Waals surface area contributed by atoms with Crippen LogP contribution in [-0.2, 0) is 31.4 Å². The maximum Gasteiger partial charge on any atom is 0.341 e. The number of aryl methyl sites for hydroxylation is 2. The van der Waals surface area contributed by atoms with Crippen molar-refractivity contribution in [3.63, 3.8) is 0 Å². The van der Waals surface area contributed by atoms with E-state index < -0.39 is 26.0 Å². The number of aliphatic hydroxyl groups is 1. The predicted octanol–water partition coefficient (Wildman–Crippen LogP) is 8.32. The van der Waals surface area contributed by atoms with Crippen LogP contribution < -0.4 is 10.6 Å². The van der Waals surface area contributed by atoms with E-state index in [0.717, 1.165) is 55.3 Å². The molecule has 0 saturated heterocycles. The van der Waals surface area contributed by atoms with Crippen molar-refractivity contribution < 1.29 is 31.5 Å². The molecule has 13 nitrogen and oxygen atoms in total. The number of esters is 1. The summed E-state index contributed by atoms with van der Waals surface area (Å²) in [5, 5.41) is 18.1. The van der Waals surface area contributed by atoms with Gasteiger partial charge >= 0.3 is 5.97 Å². The first-order chi connectivity index (χ1) is 28.4. The van der Waals surface area contributed by atoms with Crippen molar-refractivity contribution >= 4 is 59.5 Å². The van der Waals surface area contributed by atoms with Gasteiger partial charge in [-0.05, 0) is 82.9 Å². The Balaban J connectivity index is 0.000000180. The highest BCUT2D eigenvalue weighted by atomic mass is 32.2. The van der Waals surface area contributed by atoms with Crippen molar-refractivity contribution in [3.8, 4) is 0 Å². The number of rotatable bonds is 11. The third-order valence-corrected chi connectivity index (χ3v) is 14.5. The minimum absolute atomic E-state index is 0.145. The van der Waals surface area contributed by atoms with E-state index in [1.165, 1.54) is 46.0 Å². The van der Waals surface area contributed by atoms with Gasteiger partial charge in [-0.2, -0.15) is 0 Å². The number of hydrogen-bond donors (Lipinski definition) is 3. The lowest BCUT2D eigenvalue weighted by Gasteiger charge is -2.25. The molecule has 312 valence electrons. The molecule has 0 spiro atoms. The van der Waals surface area contributed by atoms with Gasteiger partial charge in [0.1, 0.15) is 5.56 Å². The second kappa shape index (κ2) is 17.9. The van der Waals surface area contributed by atoms with Crippen molar-refractivity contribution in [1.82, 2.24) is 17.9 Å². The van der Waals surface area contributed by atoms with Crippen LogP contribution in [0, 0.1) is 13.8 Å². The number of ether oxygens (including phenoxy) is 1. The van der Waals surface area contributed by atoms with E-state index in [-0.39, 0.29) is 34.7 Å². The number of fused-ring (bicyclic) bond motifs is 2. The normalized spacial score (nSPS) is 15.5. The predicted molar refractivity (Wildman–Crippen MR) is 230 cm³/mol. The summed E-state index contributed by atoms with van der Waals surface area (Å²) in [5.74, 6) is -0.468. The molecule has 15 heteroatoms. The molecule has 6 aromatic rings. The Kier molecular flexibility index (Phi) is 12.7. The number of nitrogens with zero attached hydrogens (tertiary/aromatic N) is 4. The lowest BCUT2D eigenvalue weighted by molar-refractivity contribution is 0.0527. The Morgan fingerprint density at radius 3 is 1.58 bits per heavy atom. The van der Waals surface area contributed by atoms with Crippen molar-refractivity contribution in [2.75, 3.05) is 17.2 Å². The van der Waals surface area contributed by atoms with E-state index in [1.54, 1.807) is 80.0 Å². The Morgan fingerprint density at radius 1 is 0.678 bits per heavy atom. The standard InChI is InChI=1S/C23H27N3O4S.C21H25N3O3S/c1-3-30-23(27)20-15-24-22-19(21(20)25-17-7-5-4-6-8-17)13-14-26(22)31(28,29)18-11-9-16(2)10-12-18;1-15-7-9-18(10-8-15)28(26,27)24-12-11-19-20(16(14-25)13-22-21(19)24)23-17-5-3-2-4-6-17/h9-15,17H,3-8H2,1-2H3,(H,24,25);7-13,17,25H,2-6,14H2,1H3,(H,22,23). The van der Waals surface area contributed by atoms with Crippen molar-refractivity contribution in [2.45, 2.75) is 113 Å². The van der Waals surface area contributed by atoms with Gasteiger partial charge in [-0.1, -0.05) is 73.9 Å². The van der Waals surface area contributed by atoms with Gasteiger partial charge in [-0.3, -0.25) is 0 Å². The molecule has 2 fully saturated rings. The number of carbonyl (C=O) groups is 1. The highest BCUT2D eigenvalue weighted by Crippen LogP contribution is 2.34. The molecule has 4 heterocycles. The summed E-state index contributed by atoms with van der Waals surface area (Å²) in [4.78, 5) is 21.7. The van der Waals surface area contributed by atoms with Crippen LogP contribution in [0.3, 0.4) is 0 Å². The van der Waals surface area contributed by atoms with Crippen LogP contribution in [0.5, 0.6) is 0 Å². The SMILES string of the molecule is CCOC(=O)c1cnc2c(ccn2S(=O)(=O)c2ccc(C)cc2)c1NC1CCCCC1.Cc1ccc(S(=O)(=O)n2ccc3c(NC4CCCCC4)c(CO)cnc32)cc1. The molecule has 3 N–H and O–H groups in total. The summed E-state index contributed by atoms with van der Waals surface area (Å²) in [5.41, 5.74) is 5.02. The summed E-state index contributed by atoms with van der Waals surface area (Å²) >= 11 is 0. The highest BCUT2D eigenvalue weighted by Gasteiger charge is 2.27. The third kappa shape index (κ3) is 8.87. The number of hydrogen-bond acceptors (Lipinski definition) is 11. The Hall–Kier alpha value is -5.25. The van der Waals surface area contributed by atoms with Gasteiger partial charge in [0.25, 0.3) is 20.0 Å². The summed E-state index contributed by atoms with van der Waals surface area (Å²) in [6.45, 7) is 5.69. The van der Waals surface area contributed by atoms with Crippen LogP contribution in [0.25, 0.3) is 22.1 Å². The maximum atomic E-state index is 13.3. The number of benzene rings is 2. The molecule has 4 aromatic heterocycles. The van der Waals surface area contributed by atoms with Crippen LogP contribution in [-0.4, -0.2) is 64.5 Å². The summed E-state index contributed by atoms with van der Waals surface area (Å²) in [6.07, 6.45) is 17.3. The highest BCUT2D eigenvalue weighted by molar-refractivity contribution is 7.90. The first-order valence-corrected chi connectivity index (χ1v) is 23.2. The average molecular weight is 841 g/mol. The molecular formula is C44H52N6O7S2. The Bertz CT molecular complexity index is 2640. The molecular weight excluding hydrogens is 789 g/mol. The Labute approximate surface area is 345 Å². The Morgan fingerprint density at radius 2 is 1.12 bits per heavy atom. The van der Waals surface area contributed by atoms with E-state index in [0.29, 0.717) is 39.3 Å². The van der Waals surface area contributed by atoms with E-state index in [2.05, 4.69) is 20.6 Å². The van der Waals surface area contributed by atoms with Crippen LogP contribution in [0.1, 0.15) is 98.2 Å². The minimum atomic E-state index is -3.82. The number of aliphatic hydroxyl groups excluding tert-OH is 1. The molecule has 0 amide bonds. The van der Waals surface area contributed by atoms with Crippen LogP contribution in [0.15, 0.2) is 95.2 Å². The van der Waals surface area contributed by atoms with Gasteiger partial charge in [0.05, 0.1) is 34.4 Å². The third-order valence-electron chi connectivity index (χ3n) is 11.2. The van der Waals surface area contributed by atoms with Gasteiger partial charge in [0, 0.05) is 53.2 Å². The molecule has 59 heavy (non-hydrogen) atoms. The second-order valence-corrected chi connectivity index (χ2v) is 19.0. The maximum absolute atomic E-state index is 13.3. The van der Waals surface area contributed by atoms with Gasteiger partial charge in [-0.25, -0.2) is 39.5 Å². The number of aromatic nitrogens is 4. The smallest absolute Gasteiger partial charge is 0.341 e. The fourth-order valence-electron chi connectivity index (χ4n) is 7.91. The number of anilines is 2. The lowest BCUT2D eigenvalue weighted by atomic mass is 9.95. The quantitative estimate of drug-likeness (QED) is 0.107. The zero-order valence-corrected chi connectivity index (χ0v) is 35.4. The van der Waals surface area contributed by atoms with Crippen molar-refractivity contribution in [2.24, 2.45) is 0 Å². The van der Waals surface area contributed by atoms with Crippen molar-refractivity contribution in [1.29, 1.82) is 0 Å². The molecule has 2 aliphatic carbocycles. The molecule has 2 aromatic carbocycles. The van der Waals surface area contributed by atoms with Crippen molar-refractivity contribution in [3.05, 3.63) is 108 Å². The molecule has 2 saturated carbocycles. The molecule has 0 bridgehead atoms. The van der Waals surface area contributed by atoms with Gasteiger partial charge in [0.15, 0.2) is 11.3 Å². The second-order valence-electron chi connectivity index (χ2n) is 15.4. The molecule has 2 aliphatic rings. The number of carbonyl (C=O) groups excluding carboxylic acids is 1. The molecule has 0 atom stereocenters. The van der Waals surface area contributed by atoms with Crippen LogP contribution in [0.4, 0.5) is 11.4 Å². The number of pyridine rings is 2. The molecule has 0 aliphatic heterocycles. The van der Waals surface area contributed by atoms with Gasteiger partial charge in [0.2, 0.25) is 0 Å². The largest absolute Gasteiger partial charge is 0.462 e. The lowest BCUT2D eigenvalue weighted by Crippen LogP contribution is -2.24. The van der Waals surface area contributed by atoms with Gasteiger partial charge in [-0.15, -0.1) is 0 Å². The van der Waals surface area contributed by atoms with Crippen LogP contribution >= 0.6 is 0 Å². The molecule has 0 unspecified atom stereocenters. The van der Waals surface area contributed by atoms with E-state index >= 15 is 0 Å². The average Bonchev–Trinajstić information content (AvgIpc) is 3.89. The van der Waals surface area contributed by atoms with E-state index in [4.69, 9.17) is 4.74 Å². The van der Waals surface area contributed by atoms with Gasteiger partial charge < -0.3 is 20.5 Å². The molecule has 0 radical (unpaired) electrons. The number of nitrogens with one attached hydrogen (secondary N) is 2. The first-order valence-electron chi connectivity index (χ1n) is 20.4. The fourth-order valence-corrected chi connectivity index (χ4v) is 10.5. The summed E-state index contributed by atoms with van der Waals surface area (Å²) in [7, 11) is -7.57. The zero-order chi connectivity index (χ0) is 41.7. The summed E-state index contributed by atoms with van der Waals surface area (Å²) in [6, 6.07) is 17.5. The monoisotopic (exact) mass is 840 g/mol. The first kappa shape index (κ1) is 41.9. The topological polar surface area (TPSA) is 175 Å². The van der Waals surface area contributed by atoms with E-state index in [1.807, 2.05) is 13.8 Å². The zero-order valence-electron chi connectivity index (χ0n) is 33.7.